The maximum atomic E-state index is 4.63. The van der Waals surface area contributed by atoms with E-state index in [1.54, 1.807) is 0 Å². The van der Waals surface area contributed by atoms with Crippen LogP contribution in [0.25, 0.3) is 0 Å². The van der Waals surface area contributed by atoms with Crippen LogP contribution in [0.2, 0.25) is 0 Å². The minimum atomic E-state index is 0.595. The summed E-state index contributed by atoms with van der Waals surface area (Å²) in [6, 6.07) is 0. The summed E-state index contributed by atoms with van der Waals surface area (Å²) >= 11 is 4.63. The van der Waals surface area contributed by atoms with Crippen molar-refractivity contribution in [3.05, 3.63) is 0 Å². The third kappa shape index (κ3) is 1.36. The molecule has 0 radical (unpaired) electrons. The van der Waals surface area contributed by atoms with Crippen molar-refractivity contribution < 1.29 is 0 Å². The van der Waals surface area contributed by atoms with Crippen LogP contribution in [-0.4, -0.2) is 11.7 Å². The van der Waals surface area contributed by atoms with Crippen LogP contribution < -0.4 is 0 Å². The molecule has 3 saturated carbocycles. The van der Waals surface area contributed by atoms with Gasteiger partial charge in [0.25, 0.3) is 0 Å². The zero-order valence-corrected chi connectivity index (χ0v) is 10.1. The zero-order valence-electron chi connectivity index (χ0n) is 9.29. The molecule has 2 heteroatoms. The van der Waals surface area contributed by atoms with Crippen molar-refractivity contribution in [1.82, 2.24) is 0 Å². The van der Waals surface area contributed by atoms with Crippen molar-refractivity contribution in [2.45, 2.75) is 33.6 Å². The highest BCUT2D eigenvalue weighted by atomic mass is 32.1. The van der Waals surface area contributed by atoms with Crippen LogP contribution >= 0.6 is 12.2 Å². The van der Waals surface area contributed by atoms with Gasteiger partial charge in [0.1, 0.15) is 0 Å². The molecule has 0 saturated heterocycles. The minimum absolute atomic E-state index is 0.595. The molecule has 3 fully saturated rings. The Hall–Kier alpha value is -0.200. The Balaban J connectivity index is 2.04. The molecule has 0 amide bonds. The van der Waals surface area contributed by atoms with Crippen LogP contribution in [0.4, 0.5) is 0 Å². The fraction of sp³-hybridized carbons (Fsp3) is 0.917. The lowest BCUT2D eigenvalue weighted by atomic mass is 9.43. The Morgan fingerprint density at radius 1 is 1.43 bits per heavy atom. The maximum Gasteiger partial charge on any atom is 0.0585 e. The van der Waals surface area contributed by atoms with E-state index in [0.717, 1.165) is 30.2 Å². The first-order valence-electron chi connectivity index (χ1n) is 5.61. The van der Waals surface area contributed by atoms with E-state index in [2.05, 4.69) is 43.1 Å². The second kappa shape index (κ2) is 3.43. The first-order valence-corrected chi connectivity index (χ1v) is 6.01. The predicted octanol–water partition coefficient (Wildman–Crippen LogP) is 3.41. The molecule has 0 heterocycles. The van der Waals surface area contributed by atoms with E-state index in [0.29, 0.717) is 5.41 Å². The molecule has 0 aliphatic heterocycles. The summed E-state index contributed by atoms with van der Waals surface area (Å²) in [5, 5.41) is 2.49. The second-order valence-electron chi connectivity index (χ2n) is 5.65. The van der Waals surface area contributed by atoms with Crippen LogP contribution in [-0.2, 0) is 0 Å². The molecule has 3 rings (SSSR count). The maximum absolute atomic E-state index is 4.63. The highest BCUT2D eigenvalue weighted by Gasteiger charge is 2.55. The summed E-state index contributed by atoms with van der Waals surface area (Å²) < 4.78 is 0. The number of hydrogen-bond acceptors (Lipinski definition) is 2. The van der Waals surface area contributed by atoms with Crippen molar-refractivity contribution in [2.75, 3.05) is 6.54 Å². The predicted molar refractivity (Wildman–Crippen MR) is 62.5 cm³/mol. The lowest BCUT2D eigenvalue weighted by Crippen LogP contribution is -2.55. The Bertz CT molecular complexity index is 278. The van der Waals surface area contributed by atoms with Gasteiger partial charge < -0.3 is 0 Å². The van der Waals surface area contributed by atoms with E-state index < -0.39 is 0 Å². The largest absolute Gasteiger partial charge is 0.232 e. The number of thiocarbonyl (C=S) groups is 1. The first kappa shape index (κ1) is 10.3. The SMILES string of the molecule is CC1C(CN=C=S)CC2CC1C2(C)C. The fourth-order valence-electron chi connectivity index (χ4n) is 3.65. The van der Waals surface area contributed by atoms with E-state index in [4.69, 9.17) is 0 Å². The highest BCUT2D eigenvalue weighted by molar-refractivity contribution is 7.78. The van der Waals surface area contributed by atoms with Crippen molar-refractivity contribution >= 4 is 17.4 Å². The van der Waals surface area contributed by atoms with Gasteiger partial charge in [-0.1, -0.05) is 20.8 Å². The highest BCUT2D eigenvalue weighted by Crippen LogP contribution is 2.62. The van der Waals surface area contributed by atoms with E-state index in [1.165, 1.54) is 12.8 Å². The van der Waals surface area contributed by atoms with Gasteiger partial charge in [0.15, 0.2) is 0 Å². The molecule has 3 aliphatic carbocycles. The number of isothiocyanates is 1. The lowest BCUT2D eigenvalue weighted by molar-refractivity contribution is -0.126. The van der Waals surface area contributed by atoms with Crippen LogP contribution in [0.3, 0.4) is 0 Å². The molecule has 3 aliphatic rings. The average molecular weight is 209 g/mol. The summed E-state index contributed by atoms with van der Waals surface area (Å²) in [5.41, 5.74) is 0.595. The van der Waals surface area contributed by atoms with Crippen LogP contribution in [0.1, 0.15) is 33.6 Å². The molecular formula is C12H19NS. The third-order valence-electron chi connectivity index (χ3n) is 4.90. The second-order valence-corrected chi connectivity index (χ2v) is 5.83. The number of aliphatic imine (C=N–C) groups is 1. The Morgan fingerprint density at radius 2 is 2.14 bits per heavy atom. The fourth-order valence-corrected chi connectivity index (χ4v) is 3.73. The Labute approximate surface area is 92.0 Å². The van der Waals surface area contributed by atoms with Crippen molar-refractivity contribution in [3.63, 3.8) is 0 Å². The Kier molecular flexibility index (Phi) is 2.53. The van der Waals surface area contributed by atoms with E-state index >= 15 is 0 Å². The van der Waals surface area contributed by atoms with Crippen LogP contribution in [0.5, 0.6) is 0 Å². The van der Waals surface area contributed by atoms with E-state index in [9.17, 15) is 0 Å². The van der Waals surface area contributed by atoms with Gasteiger partial charge in [0, 0.05) is 0 Å². The van der Waals surface area contributed by atoms with Gasteiger partial charge in [0.05, 0.1) is 11.7 Å². The molecule has 14 heavy (non-hydrogen) atoms. The smallest absolute Gasteiger partial charge is 0.0585 e. The molecule has 78 valence electrons. The molecular weight excluding hydrogens is 190 g/mol. The molecule has 0 spiro atoms. The molecule has 0 aromatic rings. The lowest BCUT2D eigenvalue weighted by Gasteiger charge is -2.62. The average Bonchev–Trinajstić information content (AvgIpc) is 2.15. The van der Waals surface area contributed by atoms with Gasteiger partial charge in [-0.15, -0.1) is 0 Å². The molecule has 0 aromatic heterocycles. The number of rotatable bonds is 2. The van der Waals surface area contributed by atoms with Gasteiger partial charge in [-0.25, -0.2) is 4.99 Å². The normalized spacial score (nSPS) is 43.6. The quantitative estimate of drug-likeness (QED) is 0.501. The molecule has 4 atom stereocenters. The molecule has 1 nitrogen and oxygen atoms in total. The summed E-state index contributed by atoms with van der Waals surface area (Å²) in [6.07, 6.45) is 2.80. The first-order chi connectivity index (χ1) is 6.57. The van der Waals surface area contributed by atoms with Crippen molar-refractivity contribution in [3.8, 4) is 0 Å². The van der Waals surface area contributed by atoms with Gasteiger partial charge in [-0.2, -0.15) is 0 Å². The summed E-state index contributed by atoms with van der Waals surface area (Å²) in [7, 11) is 0. The third-order valence-corrected chi connectivity index (χ3v) is 5.03. The number of nitrogens with zero attached hydrogens (tertiary/aromatic N) is 1. The molecule has 2 bridgehead atoms. The van der Waals surface area contributed by atoms with Crippen molar-refractivity contribution in [1.29, 1.82) is 0 Å². The monoisotopic (exact) mass is 209 g/mol. The van der Waals surface area contributed by atoms with Gasteiger partial charge in [-0.3, -0.25) is 0 Å². The van der Waals surface area contributed by atoms with Crippen LogP contribution in [0.15, 0.2) is 4.99 Å². The van der Waals surface area contributed by atoms with Gasteiger partial charge in [0.2, 0.25) is 0 Å². The topological polar surface area (TPSA) is 12.4 Å². The van der Waals surface area contributed by atoms with Crippen LogP contribution in [0, 0.1) is 29.1 Å². The summed E-state index contributed by atoms with van der Waals surface area (Å²) in [4.78, 5) is 4.11. The standard InChI is InChI=1S/C12H19NS/c1-8-9(6-13-7-14)4-10-5-11(8)12(10,2)3/h8-11H,4-6H2,1-3H3. The van der Waals surface area contributed by atoms with Crippen molar-refractivity contribution in [2.24, 2.45) is 34.1 Å². The molecule has 4 unspecified atom stereocenters. The number of hydrogen-bond donors (Lipinski definition) is 0. The number of fused-ring (bicyclic) bond motifs is 2. The summed E-state index contributed by atoms with van der Waals surface area (Å²) in [6.45, 7) is 8.17. The minimum Gasteiger partial charge on any atom is -0.232 e. The molecule has 0 N–H and O–H groups in total. The van der Waals surface area contributed by atoms with E-state index in [1.807, 2.05) is 0 Å². The van der Waals surface area contributed by atoms with Gasteiger partial charge >= 0.3 is 0 Å². The van der Waals surface area contributed by atoms with Gasteiger partial charge in [-0.05, 0) is 54.1 Å². The Morgan fingerprint density at radius 3 is 2.64 bits per heavy atom. The molecule has 0 aromatic carbocycles. The zero-order chi connectivity index (χ0) is 10.3. The summed E-state index contributed by atoms with van der Waals surface area (Å²) in [5.74, 6) is 3.45. The van der Waals surface area contributed by atoms with E-state index in [-0.39, 0.29) is 0 Å².